The minimum atomic E-state index is -0.290. The number of aromatic nitrogens is 2. The highest BCUT2D eigenvalue weighted by Gasteiger charge is 2.14. The van der Waals surface area contributed by atoms with Crippen LogP contribution in [0.1, 0.15) is 23.1 Å². The summed E-state index contributed by atoms with van der Waals surface area (Å²) in [6, 6.07) is 16.6. The van der Waals surface area contributed by atoms with E-state index in [1.54, 1.807) is 48.3 Å². The minimum absolute atomic E-state index is 0.126. The Morgan fingerprint density at radius 3 is 2.41 bits per heavy atom. The predicted molar refractivity (Wildman–Crippen MR) is 114 cm³/mol. The van der Waals surface area contributed by atoms with Crippen LogP contribution in [0.3, 0.4) is 0 Å². The summed E-state index contributed by atoms with van der Waals surface area (Å²) < 4.78 is 1.68. The number of ketones is 1. The van der Waals surface area contributed by atoms with E-state index in [1.807, 2.05) is 44.3 Å². The van der Waals surface area contributed by atoms with Crippen LogP contribution >= 0.6 is 0 Å². The average molecular weight is 391 g/mol. The number of hydrogen-bond acceptors (Lipinski definition) is 4. The molecule has 29 heavy (non-hydrogen) atoms. The molecule has 2 aromatic carbocycles. The predicted octanol–water partition coefficient (Wildman–Crippen LogP) is 3.30. The van der Waals surface area contributed by atoms with Crippen molar-refractivity contribution in [2.75, 3.05) is 23.8 Å². The first-order chi connectivity index (χ1) is 14.0. The summed E-state index contributed by atoms with van der Waals surface area (Å²) in [6.45, 7) is 2.54. The molecule has 3 aromatic rings. The number of para-hydroxylation sites is 1. The Labute approximate surface area is 170 Å². The minimum Gasteiger partial charge on any atom is -0.370 e. The van der Waals surface area contributed by atoms with Gasteiger partial charge in [-0.05, 0) is 43.3 Å². The van der Waals surface area contributed by atoms with E-state index >= 15 is 0 Å². The molecule has 2 N–H and O–H groups in total. The van der Waals surface area contributed by atoms with Crippen molar-refractivity contribution < 1.29 is 9.59 Å². The quantitative estimate of drug-likeness (QED) is 0.606. The van der Waals surface area contributed by atoms with Crippen LogP contribution in [0.25, 0.3) is 0 Å². The zero-order valence-corrected chi connectivity index (χ0v) is 16.8. The molecule has 0 fully saturated rings. The zero-order valence-electron chi connectivity index (χ0n) is 16.8. The molecule has 0 bridgehead atoms. The lowest BCUT2D eigenvalue weighted by atomic mass is 10.1. The van der Waals surface area contributed by atoms with Gasteiger partial charge in [0.1, 0.15) is 0 Å². The lowest BCUT2D eigenvalue weighted by molar-refractivity contribution is 0.102. The highest BCUT2D eigenvalue weighted by atomic mass is 16.2. The molecule has 0 unspecified atom stereocenters. The molecule has 2 amide bonds. The molecular weight excluding hydrogens is 366 g/mol. The van der Waals surface area contributed by atoms with Crippen LogP contribution in [0.5, 0.6) is 0 Å². The highest BCUT2D eigenvalue weighted by Crippen LogP contribution is 2.14. The number of urea groups is 1. The Bertz CT molecular complexity index is 966. The van der Waals surface area contributed by atoms with Crippen molar-refractivity contribution in [3.8, 4) is 0 Å². The first-order valence-electron chi connectivity index (χ1n) is 9.40. The van der Waals surface area contributed by atoms with E-state index in [1.165, 1.54) is 0 Å². The van der Waals surface area contributed by atoms with E-state index in [2.05, 4.69) is 20.5 Å². The fraction of sp³-hybridized carbons (Fsp3) is 0.227. The van der Waals surface area contributed by atoms with Crippen LogP contribution in [0.2, 0.25) is 0 Å². The van der Waals surface area contributed by atoms with Gasteiger partial charge in [-0.15, -0.1) is 0 Å². The summed E-state index contributed by atoms with van der Waals surface area (Å²) in [5, 5.41) is 5.66. The third-order valence-corrected chi connectivity index (χ3v) is 4.81. The summed E-state index contributed by atoms with van der Waals surface area (Å²) >= 11 is 0. The summed E-state index contributed by atoms with van der Waals surface area (Å²) in [5.41, 5.74) is 2.22. The summed E-state index contributed by atoms with van der Waals surface area (Å²) in [4.78, 5) is 30.8. The Morgan fingerprint density at radius 1 is 1.10 bits per heavy atom. The van der Waals surface area contributed by atoms with Gasteiger partial charge < -0.3 is 20.1 Å². The number of hydrogen-bond donors (Lipinski definition) is 2. The Morgan fingerprint density at radius 2 is 1.79 bits per heavy atom. The number of rotatable bonds is 7. The Kier molecular flexibility index (Phi) is 6.29. The molecule has 0 saturated carbocycles. The standard InChI is InChI=1S/C22H25N5O2/c1-16(27(3)19-7-5-4-6-8-19)15-24-22(29)25-18-11-9-17(10-12-18)20(28)21-23-13-14-26(21)2/h4-14,16H,15H2,1-3H3,(H2,24,25,29)/t16-/m1/s1. The summed E-state index contributed by atoms with van der Waals surface area (Å²) in [7, 11) is 3.77. The second kappa shape index (κ2) is 9.05. The maximum absolute atomic E-state index is 12.4. The van der Waals surface area contributed by atoms with Gasteiger partial charge in [-0.3, -0.25) is 4.79 Å². The zero-order chi connectivity index (χ0) is 20.8. The molecule has 3 rings (SSSR count). The summed E-state index contributed by atoms with van der Waals surface area (Å²) in [5.74, 6) is 0.214. The average Bonchev–Trinajstić information content (AvgIpc) is 3.18. The van der Waals surface area contributed by atoms with Crippen molar-refractivity contribution in [3.05, 3.63) is 78.4 Å². The van der Waals surface area contributed by atoms with Gasteiger partial charge in [-0.1, -0.05) is 18.2 Å². The number of nitrogens with one attached hydrogen (secondary N) is 2. The van der Waals surface area contributed by atoms with Gasteiger partial charge >= 0.3 is 6.03 Å². The van der Waals surface area contributed by atoms with Crippen LogP contribution in [-0.2, 0) is 7.05 Å². The second-order valence-corrected chi connectivity index (χ2v) is 6.90. The fourth-order valence-corrected chi connectivity index (χ4v) is 2.89. The van der Waals surface area contributed by atoms with Gasteiger partial charge in [-0.25, -0.2) is 9.78 Å². The van der Waals surface area contributed by atoms with Crippen molar-refractivity contribution in [1.29, 1.82) is 0 Å². The van der Waals surface area contributed by atoms with E-state index in [9.17, 15) is 9.59 Å². The number of nitrogens with zero attached hydrogens (tertiary/aromatic N) is 3. The smallest absolute Gasteiger partial charge is 0.319 e. The van der Waals surface area contributed by atoms with Gasteiger partial charge in [0.2, 0.25) is 5.78 Å². The van der Waals surface area contributed by atoms with E-state index in [0.29, 0.717) is 23.6 Å². The van der Waals surface area contributed by atoms with Crippen LogP contribution in [0.4, 0.5) is 16.2 Å². The molecule has 7 heteroatoms. The molecule has 0 saturated heterocycles. The molecule has 1 aromatic heterocycles. The number of aryl methyl sites for hydroxylation is 1. The number of amides is 2. The van der Waals surface area contributed by atoms with E-state index in [4.69, 9.17) is 0 Å². The van der Waals surface area contributed by atoms with Crippen LogP contribution in [0, 0.1) is 0 Å². The molecule has 0 aliphatic heterocycles. The van der Waals surface area contributed by atoms with Crippen molar-refractivity contribution in [1.82, 2.24) is 14.9 Å². The second-order valence-electron chi connectivity index (χ2n) is 6.90. The summed E-state index contributed by atoms with van der Waals surface area (Å²) in [6.07, 6.45) is 3.31. The van der Waals surface area contributed by atoms with Crippen LogP contribution < -0.4 is 15.5 Å². The number of imidazole rings is 1. The molecule has 1 heterocycles. The van der Waals surface area contributed by atoms with Crippen molar-refractivity contribution in [3.63, 3.8) is 0 Å². The first-order valence-corrected chi connectivity index (χ1v) is 9.40. The number of carbonyl (C=O) groups is 2. The molecule has 0 aliphatic rings. The molecular formula is C22H25N5O2. The lowest BCUT2D eigenvalue weighted by Crippen LogP contribution is -2.41. The molecule has 1 atom stereocenters. The number of benzene rings is 2. The van der Waals surface area contributed by atoms with Crippen LogP contribution in [0.15, 0.2) is 67.0 Å². The number of anilines is 2. The van der Waals surface area contributed by atoms with E-state index in [0.717, 1.165) is 5.69 Å². The van der Waals surface area contributed by atoms with Gasteiger partial charge in [0.25, 0.3) is 0 Å². The van der Waals surface area contributed by atoms with Crippen molar-refractivity contribution >= 4 is 23.2 Å². The SMILES string of the molecule is C[C@H](CNC(=O)Nc1ccc(C(=O)c2nccn2C)cc1)N(C)c1ccccc1. The number of likely N-dealkylation sites (N-methyl/N-ethyl adjacent to an activating group) is 1. The maximum atomic E-state index is 12.4. The van der Waals surface area contributed by atoms with Gasteiger partial charge in [0.05, 0.1) is 0 Å². The lowest BCUT2D eigenvalue weighted by Gasteiger charge is -2.27. The maximum Gasteiger partial charge on any atom is 0.319 e. The molecule has 150 valence electrons. The molecule has 0 spiro atoms. The van der Waals surface area contributed by atoms with E-state index < -0.39 is 0 Å². The third kappa shape index (κ3) is 5.01. The first kappa shape index (κ1) is 20.1. The Balaban J connectivity index is 1.52. The van der Waals surface area contributed by atoms with Gasteiger partial charge in [-0.2, -0.15) is 0 Å². The topological polar surface area (TPSA) is 79.3 Å². The van der Waals surface area contributed by atoms with E-state index in [-0.39, 0.29) is 17.9 Å². The fourth-order valence-electron chi connectivity index (χ4n) is 2.89. The normalized spacial score (nSPS) is 11.6. The number of carbonyl (C=O) groups excluding carboxylic acids is 2. The molecule has 0 radical (unpaired) electrons. The van der Waals surface area contributed by atoms with Gasteiger partial charge in [0.15, 0.2) is 5.82 Å². The highest BCUT2D eigenvalue weighted by molar-refractivity contribution is 6.07. The van der Waals surface area contributed by atoms with Crippen molar-refractivity contribution in [2.45, 2.75) is 13.0 Å². The largest absolute Gasteiger partial charge is 0.370 e. The molecule has 7 nitrogen and oxygen atoms in total. The van der Waals surface area contributed by atoms with Crippen molar-refractivity contribution in [2.24, 2.45) is 7.05 Å². The Hall–Kier alpha value is -3.61. The van der Waals surface area contributed by atoms with Gasteiger partial charge in [0, 0.05) is 56.0 Å². The van der Waals surface area contributed by atoms with Crippen LogP contribution in [-0.4, -0.2) is 41.0 Å². The monoisotopic (exact) mass is 391 g/mol. The third-order valence-electron chi connectivity index (χ3n) is 4.81. The molecule has 0 aliphatic carbocycles.